The molecule has 1 aromatic heterocycles. The molecule has 0 radical (unpaired) electrons. The van der Waals surface area contributed by atoms with Crippen LogP contribution in [0.4, 0.5) is 4.39 Å². The van der Waals surface area contributed by atoms with Crippen molar-refractivity contribution in [2.24, 2.45) is 0 Å². The number of nitrogens with zero attached hydrogens (tertiary/aromatic N) is 1. The van der Waals surface area contributed by atoms with Crippen LogP contribution in [0.5, 0.6) is 0 Å². The van der Waals surface area contributed by atoms with Crippen molar-refractivity contribution in [3.05, 3.63) is 59.7 Å². The van der Waals surface area contributed by atoms with E-state index in [-0.39, 0.29) is 18.3 Å². The van der Waals surface area contributed by atoms with E-state index in [0.717, 1.165) is 4.90 Å². The van der Waals surface area contributed by atoms with Crippen LogP contribution in [0.2, 0.25) is 0 Å². The molecule has 0 fully saturated rings. The molecule has 0 aliphatic heterocycles. The van der Waals surface area contributed by atoms with Gasteiger partial charge in [-0.25, -0.2) is 9.37 Å². The fourth-order valence-electron chi connectivity index (χ4n) is 2.21. The molecule has 6 heteroatoms. The molecule has 1 amide bonds. The summed E-state index contributed by atoms with van der Waals surface area (Å²) in [5.74, 6) is 0.118. The molecule has 112 valence electrons. The van der Waals surface area contributed by atoms with E-state index >= 15 is 0 Å². The summed E-state index contributed by atoms with van der Waals surface area (Å²) in [4.78, 5) is 20.5. The van der Waals surface area contributed by atoms with E-state index in [4.69, 9.17) is 0 Å². The Bertz CT molecular complexity index is 831. The number of hydrogen-bond donors (Lipinski definition) is 2. The molecule has 22 heavy (non-hydrogen) atoms. The molecule has 0 atom stereocenters. The maximum Gasteiger partial charge on any atom is 0.252 e. The number of H-pyrrole nitrogens is 1. The van der Waals surface area contributed by atoms with Gasteiger partial charge in [-0.2, -0.15) is 0 Å². The molecule has 3 rings (SSSR count). The van der Waals surface area contributed by atoms with Crippen LogP contribution < -0.4 is 5.32 Å². The molecule has 2 N–H and O–H groups in total. The molecule has 0 aliphatic rings. The number of halogens is 1. The summed E-state index contributed by atoms with van der Waals surface area (Å²) >= 11 is 1.52. The molecule has 4 nitrogen and oxygen atoms in total. The highest BCUT2D eigenvalue weighted by atomic mass is 32.2. The Morgan fingerprint density at radius 2 is 2.14 bits per heavy atom. The van der Waals surface area contributed by atoms with Crippen LogP contribution in [0.1, 0.15) is 16.2 Å². The predicted molar refractivity (Wildman–Crippen MR) is 85.4 cm³/mol. The van der Waals surface area contributed by atoms with E-state index in [2.05, 4.69) is 15.3 Å². The number of fused-ring (bicyclic) bond motifs is 1. The molecule has 3 aromatic rings. The molecule has 1 heterocycles. The summed E-state index contributed by atoms with van der Waals surface area (Å²) in [7, 11) is 0. The maximum absolute atomic E-state index is 13.1. The van der Waals surface area contributed by atoms with Gasteiger partial charge in [-0.3, -0.25) is 4.79 Å². The fraction of sp³-hybridized carbons (Fsp3) is 0.125. The fourth-order valence-corrected chi connectivity index (χ4v) is 2.81. The lowest BCUT2D eigenvalue weighted by Crippen LogP contribution is -2.23. The number of benzene rings is 2. The zero-order chi connectivity index (χ0) is 15.5. The van der Waals surface area contributed by atoms with E-state index in [1.807, 2.05) is 24.5 Å². The molecule has 0 aliphatic carbocycles. The highest BCUT2D eigenvalue weighted by Crippen LogP contribution is 2.19. The van der Waals surface area contributed by atoms with Crippen molar-refractivity contribution in [3.63, 3.8) is 0 Å². The summed E-state index contributed by atoms with van der Waals surface area (Å²) in [6.45, 7) is 0.262. The van der Waals surface area contributed by atoms with Gasteiger partial charge < -0.3 is 10.3 Å². The van der Waals surface area contributed by atoms with Gasteiger partial charge in [-0.1, -0.05) is 12.1 Å². The number of rotatable bonds is 4. The minimum absolute atomic E-state index is 0.156. The second-order valence-electron chi connectivity index (χ2n) is 4.73. The third-order valence-electron chi connectivity index (χ3n) is 3.26. The van der Waals surface area contributed by atoms with E-state index < -0.39 is 0 Å². The Kier molecular flexibility index (Phi) is 4.11. The van der Waals surface area contributed by atoms with Crippen LogP contribution in [0.15, 0.2) is 47.4 Å². The lowest BCUT2D eigenvalue weighted by atomic mass is 10.2. The Morgan fingerprint density at radius 1 is 1.32 bits per heavy atom. The molecule has 0 saturated carbocycles. The second-order valence-corrected chi connectivity index (χ2v) is 5.58. The van der Waals surface area contributed by atoms with Gasteiger partial charge in [0, 0.05) is 4.90 Å². The Labute approximate surface area is 131 Å². The smallest absolute Gasteiger partial charge is 0.252 e. The molecule has 2 aromatic carbocycles. The summed E-state index contributed by atoms with van der Waals surface area (Å²) in [6.07, 6.45) is 1.93. The highest BCUT2D eigenvalue weighted by Gasteiger charge is 2.11. The lowest BCUT2D eigenvalue weighted by molar-refractivity contribution is 0.0947. The number of carbonyl (C=O) groups excluding carboxylic acids is 1. The Morgan fingerprint density at radius 3 is 2.95 bits per heavy atom. The van der Waals surface area contributed by atoms with Crippen molar-refractivity contribution >= 4 is 28.7 Å². The quantitative estimate of drug-likeness (QED) is 0.726. The van der Waals surface area contributed by atoms with E-state index in [1.54, 1.807) is 12.1 Å². The normalized spacial score (nSPS) is 10.8. The van der Waals surface area contributed by atoms with Crippen LogP contribution in [0, 0.1) is 5.82 Å². The first-order chi connectivity index (χ1) is 10.7. The largest absolute Gasteiger partial charge is 0.345 e. The van der Waals surface area contributed by atoms with Gasteiger partial charge in [-0.05, 0) is 36.6 Å². The third-order valence-corrected chi connectivity index (χ3v) is 4.06. The van der Waals surface area contributed by atoms with Crippen molar-refractivity contribution in [1.82, 2.24) is 15.3 Å². The Hall–Kier alpha value is -2.34. The summed E-state index contributed by atoms with van der Waals surface area (Å²) in [5, 5.41) is 2.83. The first-order valence-electron chi connectivity index (χ1n) is 6.73. The van der Waals surface area contributed by atoms with Gasteiger partial charge in [0.15, 0.2) is 0 Å². The highest BCUT2D eigenvalue weighted by molar-refractivity contribution is 7.98. The second kappa shape index (κ2) is 6.19. The number of aromatic amines is 1. The summed E-state index contributed by atoms with van der Waals surface area (Å²) in [5.41, 5.74) is 1.93. The van der Waals surface area contributed by atoms with Gasteiger partial charge in [0.1, 0.15) is 11.6 Å². The van der Waals surface area contributed by atoms with Crippen molar-refractivity contribution in [2.75, 3.05) is 6.26 Å². The number of thioether (sulfide) groups is 1. The molecule has 0 spiro atoms. The van der Waals surface area contributed by atoms with Gasteiger partial charge >= 0.3 is 0 Å². The zero-order valence-corrected chi connectivity index (χ0v) is 12.7. The summed E-state index contributed by atoms with van der Waals surface area (Å²) < 4.78 is 13.1. The SMILES string of the molecule is CSc1ccccc1C(=O)NCc1nc2ccc(F)cc2[nH]1. The number of nitrogens with one attached hydrogen (secondary N) is 2. The average Bonchev–Trinajstić information content (AvgIpc) is 2.94. The monoisotopic (exact) mass is 315 g/mol. The minimum Gasteiger partial charge on any atom is -0.345 e. The van der Waals surface area contributed by atoms with Crippen LogP contribution in [-0.2, 0) is 6.54 Å². The first-order valence-corrected chi connectivity index (χ1v) is 7.95. The standard InChI is InChI=1S/C16H14FN3OS/c1-22-14-5-3-2-4-11(14)16(21)18-9-15-19-12-7-6-10(17)8-13(12)20-15/h2-8H,9H2,1H3,(H,18,21)(H,19,20). The minimum atomic E-state index is -0.319. The summed E-state index contributed by atoms with van der Waals surface area (Å²) in [6, 6.07) is 11.8. The van der Waals surface area contributed by atoms with Crippen LogP contribution >= 0.6 is 11.8 Å². The van der Waals surface area contributed by atoms with Crippen molar-refractivity contribution < 1.29 is 9.18 Å². The van der Waals surface area contributed by atoms with E-state index in [0.29, 0.717) is 22.4 Å². The number of hydrogen-bond acceptors (Lipinski definition) is 3. The zero-order valence-electron chi connectivity index (χ0n) is 11.9. The number of aromatic nitrogens is 2. The maximum atomic E-state index is 13.1. The van der Waals surface area contributed by atoms with Gasteiger partial charge in [0.05, 0.1) is 23.1 Å². The van der Waals surface area contributed by atoms with Crippen molar-refractivity contribution in [3.8, 4) is 0 Å². The lowest BCUT2D eigenvalue weighted by Gasteiger charge is -2.07. The number of amides is 1. The van der Waals surface area contributed by atoms with Gasteiger partial charge in [0.25, 0.3) is 5.91 Å². The molecular formula is C16H14FN3OS. The van der Waals surface area contributed by atoms with Crippen molar-refractivity contribution in [1.29, 1.82) is 0 Å². The van der Waals surface area contributed by atoms with Crippen LogP contribution in [-0.4, -0.2) is 22.1 Å². The Balaban J connectivity index is 1.74. The van der Waals surface area contributed by atoms with E-state index in [1.165, 1.54) is 23.9 Å². The molecule has 0 bridgehead atoms. The first kappa shape index (κ1) is 14.6. The van der Waals surface area contributed by atoms with Crippen LogP contribution in [0.25, 0.3) is 11.0 Å². The number of carbonyl (C=O) groups is 1. The molecule has 0 unspecified atom stereocenters. The predicted octanol–water partition coefficient (Wildman–Crippen LogP) is 3.35. The van der Waals surface area contributed by atoms with Crippen LogP contribution in [0.3, 0.4) is 0 Å². The topological polar surface area (TPSA) is 57.8 Å². The molecular weight excluding hydrogens is 301 g/mol. The number of imidazole rings is 1. The van der Waals surface area contributed by atoms with E-state index in [9.17, 15) is 9.18 Å². The average molecular weight is 315 g/mol. The third kappa shape index (κ3) is 2.96. The molecule has 0 saturated heterocycles. The van der Waals surface area contributed by atoms with Gasteiger partial charge in [-0.15, -0.1) is 11.8 Å². The van der Waals surface area contributed by atoms with Crippen molar-refractivity contribution in [2.45, 2.75) is 11.4 Å². The van der Waals surface area contributed by atoms with Gasteiger partial charge in [0.2, 0.25) is 0 Å².